The summed E-state index contributed by atoms with van der Waals surface area (Å²) >= 11 is 0. The minimum absolute atomic E-state index is 0.577. The van der Waals surface area contributed by atoms with Gasteiger partial charge in [0.15, 0.2) is 0 Å². The van der Waals surface area contributed by atoms with Gasteiger partial charge in [-0.3, -0.25) is 0 Å². The van der Waals surface area contributed by atoms with E-state index in [4.69, 9.17) is 5.11 Å². The maximum atomic E-state index is 11.8. The minimum Gasteiger partial charge on any atom is -0.390 e. The first-order valence-corrected chi connectivity index (χ1v) is 4.57. The smallest absolute Gasteiger partial charge is 0.115 e. The van der Waals surface area contributed by atoms with Crippen molar-refractivity contribution in [2.45, 2.75) is 44.6 Å². The second-order valence-electron chi connectivity index (χ2n) is 3.54. The van der Waals surface area contributed by atoms with Gasteiger partial charge in [-0.15, -0.1) is 0 Å². The highest BCUT2D eigenvalue weighted by Gasteiger charge is 2.15. The molecule has 2 heteroatoms. The molecule has 0 aliphatic heterocycles. The van der Waals surface area contributed by atoms with Crippen molar-refractivity contribution in [1.29, 1.82) is 0 Å². The zero-order valence-corrected chi connectivity index (χ0v) is 6.93. The fraction of sp³-hybridized carbons (Fsp3) is 1.00. The van der Waals surface area contributed by atoms with E-state index in [9.17, 15) is 4.39 Å². The molecule has 1 aliphatic rings. The van der Waals surface area contributed by atoms with Crippen molar-refractivity contribution in [1.82, 2.24) is 0 Å². The number of rotatable bonds is 4. The van der Waals surface area contributed by atoms with E-state index in [1.54, 1.807) is 0 Å². The van der Waals surface area contributed by atoms with Gasteiger partial charge in [0, 0.05) is 0 Å². The molecule has 0 amide bonds. The molecular formula is C9H17FO. The molecule has 11 heavy (non-hydrogen) atoms. The largest absolute Gasteiger partial charge is 0.390 e. The van der Waals surface area contributed by atoms with E-state index in [-0.39, 0.29) is 0 Å². The summed E-state index contributed by atoms with van der Waals surface area (Å²) in [5, 5.41) is 8.94. The van der Waals surface area contributed by atoms with Crippen molar-refractivity contribution >= 4 is 0 Å². The fourth-order valence-corrected chi connectivity index (χ4v) is 1.80. The number of hydrogen-bond donors (Lipinski definition) is 1. The molecule has 1 saturated carbocycles. The predicted octanol–water partition coefficient (Wildman–Crippen LogP) is 2.29. The van der Waals surface area contributed by atoms with Crippen LogP contribution in [0.15, 0.2) is 0 Å². The number of alkyl halides is 1. The molecule has 1 aliphatic carbocycles. The Morgan fingerprint density at radius 3 is 2.55 bits per heavy atom. The summed E-state index contributed by atoms with van der Waals surface area (Å²) in [5.74, 6) is 0.774. The summed E-state index contributed by atoms with van der Waals surface area (Å²) in [7, 11) is 0. The van der Waals surface area contributed by atoms with Crippen molar-refractivity contribution in [2.24, 2.45) is 5.92 Å². The van der Waals surface area contributed by atoms with Gasteiger partial charge in [-0.25, -0.2) is 4.39 Å². The highest BCUT2D eigenvalue weighted by atomic mass is 19.1. The van der Waals surface area contributed by atoms with E-state index < -0.39 is 12.8 Å². The van der Waals surface area contributed by atoms with E-state index in [0.29, 0.717) is 6.42 Å². The summed E-state index contributed by atoms with van der Waals surface area (Å²) in [4.78, 5) is 0. The van der Waals surface area contributed by atoms with Crippen molar-refractivity contribution in [2.75, 3.05) is 6.67 Å². The molecule has 0 radical (unpaired) electrons. The van der Waals surface area contributed by atoms with Crippen LogP contribution in [0.2, 0.25) is 0 Å². The second kappa shape index (κ2) is 4.70. The molecular weight excluding hydrogens is 143 g/mol. The average molecular weight is 160 g/mol. The van der Waals surface area contributed by atoms with E-state index in [2.05, 4.69) is 0 Å². The number of aliphatic hydroxyl groups excluding tert-OH is 1. The van der Waals surface area contributed by atoms with Crippen molar-refractivity contribution in [3.05, 3.63) is 0 Å². The lowest BCUT2D eigenvalue weighted by molar-refractivity contribution is 0.123. The molecule has 1 rings (SSSR count). The monoisotopic (exact) mass is 160 g/mol. The van der Waals surface area contributed by atoms with E-state index in [0.717, 1.165) is 12.3 Å². The lowest BCUT2D eigenvalue weighted by atomic mass is 10.00. The van der Waals surface area contributed by atoms with E-state index in [1.807, 2.05) is 0 Å². The van der Waals surface area contributed by atoms with Gasteiger partial charge in [0.2, 0.25) is 0 Å². The molecule has 0 bridgehead atoms. The van der Waals surface area contributed by atoms with Gasteiger partial charge in [0.05, 0.1) is 6.10 Å². The Balaban J connectivity index is 2.01. The normalized spacial score (nSPS) is 22.4. The molecule has 1 atom stereocenters. The predicted molar refractivity (Wildman–Crippen MR) is 43.2 cm³/mol. The Hall–Kier alpha value is -0.110. The first-order chi connectivity index (χ1) is 5.33. The molecule has 0 saturated heterocycles. The van der Waals surface area contributed by atoms with Crippen LogP contribution in [0.4, 0.5) is 4.39 Å². The van der Waals surface area contributed by atoms with Crippen LogP contribution >= 0.6 is 0 Å². The summed E-state index contributed by atoms with van der Waals surface area (Å²) in [5.41, 5.74) is 0. The first kappa shape index (κ1) is 8.98. The molecule has 0 aromatic carbocycles. The average Bonchev–Trinajstić information content (AvgIpc) is 2.52. The van der Waals surface area contributed by atoms with Crippen LogP contribution in [0, 0.1) is 5.92 Å². The summed E-state index contributed by atoms with van der Waals surface area (Å²) in [6, 6.07) is 0. The Bertz CT molecular complexity index is 99.7. The zero-order valence-electron chi connectivity index (χ0n) is 6.93. The second-order valence-corrected chi connectivity index (χ2v) is 3.54. The van der Waals surface area contributed by atoms with Crippen molar-refractivity contribution in [3.63, 3.8) is 0 Å². The quantitative estimate of drug-likeness (QED) is 0.669. The van der Waals surface area contributed by atoms with Gasteiger partial charge in [-0.2, -0.15) is 0 Å². The lowest BCUT2D eigenvalue weighted by Gasteiger charge is -2.10. The molecule has 0 aromatic heterocycles. The third kappa shape index (κ3) is 3.19. The van der Waals surface area contributed by atoms with Crippen LogP contribution in [-0.4, -0.2) is 17.9 Å². The van der Waals surface area contributed by atoms with Gasteiger partial charge in [0.25, 0.3) is 0 Å². The Kier molecular flexibility index (Phi) is 3.84. The molecule has 1 nitrogen and oxygen atoms in total. The Labute approximate surface area is 67.6 Å². The number of aliphatic hydroxyl groups is 1. The minimum atomic E-state index is -0.699. The summed E-state index contributed by atoms with van der Waals surface area (Å²) in [6.07, 6.45) is 6.22. The number of halogens is 1. The highest BCUT2D eigenvalue weighted by molar-refractivity contribution is 4.68. The Morgan fingerprint density at radius 2 is 2.00 bits per heavy atom. The first-order valence-electron chi connectivity index (χ1n) is 4.57. The van der Waals surface area contributed by atoms with Crippen LogP contribution in [0.25, 0.3) is 0 Å². The third-order valence-corrected chi connectivity index (χ3v) is 2.56. The SMILES string of the molecule is OC(CF)CCC1CCCC1. The maximum Gasteiger partial charge on any atom is 0.115 e. The van der Waals surface area contributed by atoms with Gasteiger partial charge >= 0.3 is 0 Å². The van der Waals surface area contributed by atoms with E-state index in [1.165, 1.54) is 25.7 Å². The maximum absolute atomic E-state index is 11.8. The van der Waals surface area contributed by atoms with Crippen LogP contribution in [0.5, 0.6) is 0 Å². The van der Waals surface area contributed by atoms with E-state index >= 15 is 0 Å². The molecule has 1 unspecified atom stereocenters. The molecule has 1 fully saturated rings. The van der Waals surface area contributed by atoms with Crippen LogP contribution in [0.3, 0.4) is 0 Å². The molecule has 1 N–H and O–H groups in total. The molecule has 66 valence electrons. The van der Waals surface area contributed by atoms with Gasteiger partial charge in [-0.05, 0) is 18.8 Å². The van der Waals surface area contributed by atoms with Crippen molar-refractivity contribution in [3.8, 4) is 0 Å². The molecule has 0 spiro atoms. The van der Waals surface area contributed by atoms with Crippen LogP contribution in [-0.2, 0) is 0 Å². The molecule has 0 heterocycles. The number of hydrogen-bond acceptors (Lipinski definition) is 1. The summed E-state index contributed by atoms with van der Waals surface area (Å²) < 4.78 is 11.8. The summed E-state index contributed by atoms with van der Waals surface area (Å²) in [6.45, 7) is -0.577. The third-order valence-electron chi connectivity index (χ3n) is 2.56. The van der Waals surface area contributed by atoms with Crippen LogP contribution in [0.1, 0.15) is 38.5 Å². The van der Waals surface area contributed by atoms with Gasteiger partial charge in [0.1, 0.15) is 6.67 Å². The topological polar surface area (TPSA) is 20.2 Å². The fourth-order valence-electron chi connectivity index (χ4n) is 1.80. The van der Waals surface area contributed by atoms with Crippen molar-refractivity contribution < 1.29 is 9.50 Å². The van der Waals surface area contributed by atoms with Gasteiger partial charge < -0.3 is 5.11 Å². The highest BCUT2D eigenvalue weighted by Crippen LogP contribution is 2.28. The van der Waals surface area contributed by atoms with Crippen LogP contribution < -0.4 is 0 Å². The standard InChI is InChI=1S/C9H17FO/c10-7-9(11)6-5-8-3-1-2-4-8/h8-9,11H,1-7H2. The molecule has 0 aromatic rings. The Morgan fingerprint density at radius 1 is 1.36 bits per heavy atom. The zero-order chi connectivity index (χ0) is 8.10. The lowest BCUT2D eigenvalue weighted by Crippen LogP contribution is -2.10. The van der Waals surface area contributed by atoms with Gasteiger partial charge in [-0.1, -0.05) is 25.7 Å².